The summed E-state index contributed by atoms with van der Waals surface area (Å²) in [6.07, 6.45) is 0.489. The summed E-state index contributed by atoms with van der Waals surface area (Å²) in [5, 5.41) is 33.1. The molecular formula is C14H20N2O5. The van der Waals surface area contributed by atoms with Crippen molar-refractivity contribution in [1.29, 1.82) is 0 Å². The van der Waals surface area contributed by atoms with Crippen LogP contribution in [0.2, 0.25) is 0 Å². The van der Waals surface area contributed by atoms with Crippen molar-refractivity contribution in [3.8, 4) is 0 Å². The van der Waals surface area contributed by atoms with E-state index in [0.29, 0.717) is 6.42 Å². The number of carboxylic acid groups (broad SMARTS) is 1. The second kappa shape index (κ2) is 6.53. The Balaban J connectivity index is 3.06. The quantitative estimate of drug-likeness (QED) is 0.526. The molecule has 1 aromatic rings. The van der Waals surface area contributed by atoms with E-state index in [1.807, 2.05) is 13.8 Å². The van der Waals surface area contributed by atoms with Gasteiger partial charge in [-0.25, -0.2) is 4.79 Å². The summed E-state index contributed by atoms with van der Waals surface area (Å²) in [5.41, 5.74) is -1.69. The number of nitro benzene ring substituents is 1. The van der Waals surface area contributed by atoms with Crippen molar-refractivity contribution < 1.29 is 19.9 Å². The average molecular weight is 296 g/mol. The molecule has 1 unspecified atom stereocenters. The van der Waals surface area contributed by atoms with Crippen molar-refractivity contribution in [3.63, 3.8) is 0 Å². The molecule has 1 atom stereocenters. The van der Waals surface area contributed by atoms with Crippen LogP contribution >= 0.6 is 0 Å². The SMILES string of the molecule is CC(C)CC(C)(O)CNc1c(C(=O)O)cccc1[N+](=O)[O-]. The van der Waals surface area contributed by atoms with E-state index in [-0.39, 0.29) is 29.4 Å². The molecule has 0 heterocycles. The first-order valence-electron chi connectivity index (χ1n) is 6.61. The summed E-state index contributed by atoms with van der Waals surface area (Å²) in [5.74, 6) is -1.02. The minimum Gasteiger partial charge on any atom is -0.478 e. The van der Waals surface area contributed by atoms with Gasteiger partial charge in [-0.05, 0) is 25.3 Å². The lowest BCUT2D eigenvalue weighted by Crippen LogP contribution is -2.35. The van der Waals surface area contributed by atoms with E-state index in [1.54, 1.807) is 6.92 Å². The second-order valence-corrected chi connectivity index (χ2v) is 5.71. The van der Waals surface area contributed by atoms with E-state index in [9.17, 15) is 20.0 Å². The number of rotatable bonds is 7. The first-order valence-corrected chi connectivity index (χ1v) is 6.61. The van der Waals surface area contributed by atoms with Crippen molar-refractivity contribution in [1.82, 2.24) is 0 Å². The fourth-order valence-corrected chi connectivity index (χ4v) is 2.29. The molecular weight excluding hydrogens is 276 g/mol. The van der Waals surface area contributed by atoms with Gasteiger partial charge in [0.1, 0.15) is 5.69 Å². The maximum absolute atomic E-state index is 11.2. The number of nitrogens with one attached hydrogen (secondary N) is 1. The number of para-hydroxylation sites is 1. The molecule has 0 aromatic heterocycles. The number of carbonyl (C=O) groups is 1. The third-order valence-electron chi connectivity index (χ3n) is 2.96. The Kier molecular flexibility index (Phi) is 5.26. The Morgan fingerprint density at radius 2 is 2.10 bits per heavy atom. The van der Waals surface area contributed by atoms with Gasteiger partial charge in [-0.3, -0.25) is 10.1 Å². The highest BCUT2D eigenvalue weighted by atomic mass is 16.6. The van der Waals surface area contributed by atoms with Crippen LogP contribution in [-0.4, -0.2) is 33.3 Å². The maximum atomic E-state index is 11.2. The molecule has 1 rings (SSSR count). The molecule has 0 aliphatic carbocycles. The fraction of sp³-hybridized carbons (Fsp3) is 0.500. The summed E-state index contributed by atoms with van der Waals surface area (Å²) in [6, 6.07) is 3.83. The van der Waals surface area contributed by atoms with Crippen LogP contribution in [0.1, 0.15) is 37.6 Å². The minimum absolute atomic E-state index is 0.0241. The van der Waals surface area contributed by atoms with Crippen molar-refractivity contribution in [2.75, 3.05) is 11.9 Å². The molecule has 0 spiro atoms. The van der Waals surface area contributed by atoms with E-state index >= 15 is 0 Å². The van der Waals surface area contributed by atoms with Gasteiger partial charge in [0, 0.05) is 12.6 Å². The van der Waals surface area contributed by atoms with Crippen molar-refractivity contribution in [2.45, 2.75) is 32.8 Å². The van der Waals surface area contributed by atoms with Gasteiger partial charge in [0.15, 0.2) is 0 Å². The zero-order valence-corrected chi connectivity index (χ0v) is 12.3. The van der Waals surface area contributed by atoms with Gasteiger partial charge in [-0.2, -0.15) is 0 Å². The van der Waals surface area contributed by atoms with E-state index < -0.39 is 16.5 Å². The highest BCUT2D eigenvalue weighted by Crippen LogP contribution is 2.29. The van der Waals surface area contributed by atoms with Gasteiger partial charge in [0.2, 0.25) is 0 Å². The smallest absolute Gasteiger partial charge is 0.338 e. The summed E-state index contributed by atoms with van der Waals surface area (Å²) < 4.78 is 0. The van der Waals surface area contributed by atoms with Crippen LogP contribution in [0.4, 0.5) is 11.4 Å². The fourth-order valence-electron chi connectivity index (χ4n) is 2.29. The molecule has 0 radical (unpaired) electrons. The van der Waals surface area contributed by atoms with Crippen LogP contribution in [-0.2, 0) is 0 Å². The molecule has 0 amide bonds. The topological polar surface area (TPSA) is 113 Å². The standard InChI is InChI=1S/C14H20N2O5/c1-9(2)7-14(3,19)8-15-12-10(13(17)18)5-4-6-11(12)16(20)21/h4-6,9,15,19H,7-8H2,1-3H3,(H,17,18). The Labute approximate surface area is 122 Å². The van der Waals surface area contributed by atoms with Crippen LogP contribution in [0.25, 0.3) is 0 Å². The zero-order valence-electron chi connectivity index (χ0n) is 12.3. The Hall–Kier alpha value is -2.15. The third kappa shape index (κ3) is 4.71. The van der Waals surface area contributed by atoms with Crippen LogP contribution in [0.3, 0.4) is 0 Å². The molecule has 7 heteroatoms. The first-order chi connectivity index (χ1) is 9.64. The molecule has 0 saturated heterocycles. The van der Waals surface area contributed by atoms with E-state index in [0.717, 1.165) is 0 Å². The molecule has 7 nitrogen and oxygen atoms in total. The number of nitrogens with zero attached hydrogens (tertiary/aromatic N) is 1. The number of carboxylic acids is 1. The Bertz CT molecular complexity index is 508. The largest absolute Gasteiger partial charge is 0.478 e. The van der Waals surface area contributed by atoms with E-state index in [1.165, 1.54) is 18.2 Å². The zero-order chi connectivity index (χ0) is 16.2. The average Bonchev–Trinajstić information content (AvgIpc) is 2.34. The lowest BCUT2D eigenvalue weighted by molar-refractivity contribution is -0.384. The first kappa shape index (κ1) is 16.9. The molecule has 116 valence electrons. The molecule has 21 heavy (non-hydrogen) atoms. The van der Waals surface area contributed by atoms with Gasteiger partial charge in [0.25, 0.3) is 5.69 Å². The highest BCUT2D eigenvalue weighted by molar-refractivity contribution is 5.96. The molecule has 0 saturated carbocycles. The van der Waals surface area contributed by atoms with E-state index in [4.69, 9.17) is 5.11 Å². The van der Waals surface area contributed by atoms with Gasteiger partial charge >= 0.3 is 5.97 Å². The Morgan fingerprint density at radius 3 is 2.57 bits per heavy atom. The normalized spacial score (nSPS) is 13.8. The highest BCUT2D eigenvalue weighted by Gasteiger charge is 2.26. The van der Waals surface area contributed by atoms with E-state index in [2.05, 4.69) is 5.32 Å². The van der Waals surface area contributed by atoms with Crippen LogP contribution < -0.4 is 5.32 Å². The molecule has 0 fully saturated rings. The number of hydrogen-bond acceptors (Lipinski definition) is 5. The van der Waals surface area contributed by atoms with Crippen molar-refractivity contribution in [3.05, 3.63) is 33.9 Å². The minimum atomic E-state index is -1.26. The van der Waals surface area contributed by atoms with Crippen molar-refractivity contribution in [2.24, 2.45) is 5.92 Å². The van der Waals surface area contributed by atoms with Crippen molar-refractivity contribution >= 4 is 17.3 Å². The summed E-state index contributed by atoms with van der Waals surface area (Å²) in [4.78, 5) is 21.5. The number of aromatic carboxylic acids is 1. The summed E-state index contributed by atoms with van der Waals surface area (Å²) in [7, 11) is 0. The second-order valence-electron chi connectivity index (χ2n) is 5.71. The maximum Gasteiger partial charge on any atom is 0.338 e. The predicted octanol–water partition coefficient (Wildman–Crippen LogP) is 2.50. The lowest BCUT2D eigenvalue weighted by Gasteiger charge is -2.26. The van der Waals surface area contributed by atoms with Gasteiger partial charge < -0.3 is 15.5 Å². The summed E-state index contributed by atoms with van der Waals surface area (Å²) >= 11 is 0. The summed E-state index contributed by atoms with van der Waals surface area (Å²) in [6.45, 7) is 5.52. The molecule has 1 aromatic carbocycles. The molecule has 3 N–H and O–H groups in total. The number of nitro groups is 1. The van der Waals surface area contributed by atoms with Crippen LogP contribution in [0, 0.1) is 16.0 Å². The third-order valence-corrected chi connectivity index (χ3v) is 2.96. The number of hydrogen-bond donors (Lipinski definition) is 3. The number of aliphatic hydroxyl groups is 1. The predicted molar refractivity (Wildman–Crippen MR) is 78.6 cm³/mol. The molecule has 0 bridgehead atoms. The number of benzene rings is 1. The van der Waals surface area contributed by atoms with Crippen LogP contribution in [0.5, 0.6) is 0 Å². The van der Waals surface area contributed by atoms with Crippen LogP contribution in [0.15, 0.2) is 18.2 Å². The molecule has 0 aliphatic rings. The monoisotopic (exact) mass is 296 g/mol. The lowest BCUT2D eigenvalue weighted by atomic mass is 9.94. The van der Waals surface area contributed by atoms with Gasteiger partial charge in [-0.1, -0.05) is 19.9 Å². The van der Waals surface area contributed by atoms with Gasteiger partial charge in [-0.15, -0.1) is 0 Å². The Morgan fingerprint density at radius 1 is 1.48 bits per heavy atom. The molecule has 0 aliphatic heterocycles. The number of anilines is 1. The van der Waals surface area contributed by atoms with Gasteiger partial charge in [0.05, 0.1) is 16.1 Å².